The summed E-state index contributed by atoms with van der Waals surface area (Å²) in [5.74, 6) is 1.65. The number of ether oxygens (including phenoxy) is 3. The van der Waals surface area contributed by atoms with E-state index in [4.69, 9.17) is 14.2 Å². The molecular formula is C21H24N2O4. The molecule has 1 saturated heterocycles. The number of cyclic esters (lactones) is 1. The van der Waals surface area contributed by atoms with Gasteiger partial charge in [0, 0.05) is 19.6 Å². The van der Waals surface area contributed by atoms with Crippen LogP contribution in [0.15, 0.2) is 42.5 Å². The molecule has 2 aromatic carbocycles. The number of hydrogen-bond acceptors (Lipinski definition) is 5. The Morgan fingerprint density at radius 2 is 1.93 bits per heavy atom. The minimum Gasteiger partial charge on any atom is -0.497 e. The van der Waals surface area contributed by atoms with Gasteiger partial charge in [-0.3, -0.25) is 9.80 Å². The molecule has 2 aliphatic heterocycles. The first-order valence-corrected chi connectivity index (χ1v) is 9.16. The average molecular weight is 368 g/mol. The van der Waals surface area contributed by atoms with Gasteiger partial charge < -0.3 is 14.2 Å². The van der Waals surface area contributed by atoms with E-state index >= 15 is 0 Å². The van der Waals surface area contributed by atoms with Gasteiger partial charge in [-0.15, -0.1) is 0 Å². The molecular weight excluding hydrogens is 344 g/mol. The van der Waals surface area contributed by atoms with Crippen LogP contribution in [0.4, 0.5) is 10.5 Å². The molecule has 6 heteroatoms. The van der Waals surface area contributed by atoms with Crippen molar-refractivity contribution >= 4 is 11.8 Å². The zero-order valence-electron chi connectivity index (χ0n) is 15.7. The molecule has 142 valence electrons. The number of carbonyl (C=O) groups is 1. The second-order valence-electron chi connectivity index (χ2n) is 6.95. The van der Waals surface area contributed by atoms with Crippen LogP contribution in [0.5, 0.6) is 11.5 Å². The third kappa shape index (κ3) is 3.57. The predicted molar refractivity (Wildman–Crippen MR) is 102 cm³/mol. The summed E-state index contributed by atoms with van der Waals surface area (Å²) in [6, 6.07) is 14.1. The number of hydrogen-bond donors (Lipinski definition) is 0. The number of fused-ring (bicyclic) bond motifs is 3. The highest BCUT2D eigenvalue weighted by molar-refractivity contribution is 5.91. The maximum Gasteiger partial charge on any atom is 0.414 e. The van der Waals surface area contributed by atoms with E-state index in [0.717, 1.165) is 48.8 Å². The number of rotatable bonds is 4. The third-order valence-electron chi connectivity index (χ3n) is 5.22. The van der Waals surface area contributed by atoms with Crippen LogP contribution in [0.1, 0.15) is 17.5 Å². The SMILES string of the molecule is COc1cccc(CN2CC[C@H]3COC(=O)N3c3ccc(OC)cc3C2)c1. The van der Waals surface area contributed by atoms with Crippen LogP contribution in [0.3, 0.4) is 0 Å². The maximum absolute atomic E-state index is 12.3. The lowest BCUT2D eigenvalue weighted by Crippen LogP contribution is -2.40. The molecule has 0 aliphatic carbocycles. The summed E-state index contributed by atoms with van der Waals surface area (Å²) in [6.07, 6.45) is 0.619. The second kappa shape index (κ2) is 7.48. The van der Waals surface area contributed by atoms with Crippen LogP contribution in [0, 0.1) is 0 Å². The summed E-state index contributed by atoms with van der Waals surface area (Å²) in [5.41, 5.74) is 3.19. The fourth-order valence-electron chi connectivity index (χ4n) is 3.83. The van der Waals surface area contributed by atoms with Gasteiger partial charge in [0.25, 0.3) is 0 Å². The van der Waals surface area contributed by atoms with Crippen LogP contribution >= 0.6 is 0 Å². The zero-order valence-corrected chi connectivity index (χ0v) is 15.7. The van der Waals surface area contributed by atoms with Gasteiger partial charge in [-0.1, -0.05) is 12.1 Å². The standard InChI is InChI=1S/C21H24N2O4/c1-25-18-5-3-4-15(10-18)12-22-9-8-17-14-27-21(24)23(17)20-7-6-19(26-2)11-16(20)13-22/h3-7,10-11,17H,8-9,12-14H2,1-2H3/t17-/m0/s1. The molecule has 27 heavy (non-hydrogen) atoms. The van der Waals surface area contributed by atoms with Gasteiger partial charge in [-0.25, -0.2) is 4.79 Å². The van der Waals surface area contributed by atoms with Crippen molar-refractivity contribution < 1.29 is 19.0 Å². The minimum absolute atomic E-state index is 0.0674. The van der Waals surface area contributed by atoms with Crippen molar-refractivity contribution in [3.63, 3.8) is 0 Å². The van der Waals surface area contributed by atoms with Crippen molar-refractivity contribution in [3.05, 3.63) is 53.6 Å². The molecule has 2 aromatic rings. The van der Waals surface area contributed by atoms with Gasteiger partial charge >= 0.3 is 6.09 Å². The highest BCUT2D eigenvalue weighted by Gasteiger charge is 2.37. The monoisotopic (exact) mass is 368 g/mol. The molecule has 4 rings (SSSR count). The number of anilines is 1. The lowest BCUT2D eigenvalue weighted by molar-refractivity contribution is 0.177. The molecule has 1 fully saturated rings. The van der Waals surface area contributed by atoms with Gasteiger partial charge in [0.05, 0.1) is 25.9 Å². The van der Waals surface area contributed by atoms with Crippen LogP contribution in [-0.4, -0.2) is 44.4 Å². The van der Waals surface area contributed by atoms with Gasteiger partial charge in [0.15, 0.2) is 0 Å². The Kier molecular flexibility index (Phi) is 4.90. The highest BCUT2D eigenvalue weighted by Crippen LogP contribution is 2.34. The van der Waals surface area contributed by atoms with Crippen molar-refractivity contribution in [2.75, 3.05) is 32.3 Å². The van der Waals surface area contributed by atoms with E-state index in [1.54, 1.807) is 19.1 Å². The summed E-state index contributed by atoms with van der Waals surface area (Å²) in [6.45, 7) is 2.87. The molecule has 0 bridgehead atoms. The Bertz CT molecular complexity index is 839. The summed E-state index contributed by atoms with van der Waals surface area (Å²) in [4.78, 5) is 16.5. The highest BCUT2D eigenvalue weighted by atomic mass is 16.6. The Morgan fingerprint density at radius 3 is 2.74 bits per heavy atom. The first kappa shape index (κ1) is 17.7. The molecule has 0 N–H and O–H groups in total. The number of amides is 1. The minimum atomic E-state index is -0.257. The number of nitrogens with zero attached hydrogens (tertiary/aromatic N) is 2. The predicted octanol–water partition coefficient (Wildman–Crippen LogP) is 3.43. The molecule has 0 radical (unpaired) electrons. The topological polar surface area (TPSA) is 51.2 Å². The molecule has 0 spiro atoms. The molecule has 0 unspecified atom stereocenters. The van der Waals surface area contributed by atoms with E-state index in [2.05, 4.69) is 17.0 Å². The van der Waals surface area contributed by atoms with E-state index in [9.17, 15) is 4.79 Å². The Morgan fingerprint density at radius 1 is 1.11 bits per heavy atom. The average Bonchev–Trinajstić information content (AvgIpc) is 3.04. The van der Waals surface area contributed by atoms with E-state index in [1.165, 1.54) is 5.56 Å². The fourth-order valence-corrected chi connectivity index (χ4v) is 3.83. The number of methoxy groups -OCH3 is 2. The molecule has 1 amide bonds. The maximum atomic E-state index is 12.3. The number of benzene rings is 2. The zero-order chi connectivity index (χ0) is 18.8. The molecule has 0 saturated carbocycles. The van der Waals surface area contributed by atoms with Crippen LogP contribution in [-0.2, 0) is 17.8 Å². The summed E-state index contributed by atoms with van der Waals surface area (Å²) in [7, 11) is 3.34. The quantitative estimate of drug-likeness (QED) is 0.828. The van der Waals surface area contributed by atoms with Gasteiger partial charge in [-0.05, 0) is 47.9 Å². The van der Waals surface area contributed by atoms with E-state index < -0.39 is 0 Å². The third-order valence-corrected chi connectivity index (χ3v) is 5.22. The summed E-state index contributed by atoms with van der Waals surface area (Å²) >= 11 is 0. The molecule has 2 aliphatic rings. The van der Waals surface area contributed by atoms with Crippen LogP contribution in [0.25, 0.3) is 0 Å². The summed E-state index contributed by atoms with van der Waals surface area (Å²) in [5, 5.41) is 0. The largest absolute Gasteiger partial charge is 0.497 e. The van der Waals surface area contributed by atoms with Crippen molar-refractivity contribution in [1.29, 1.82) is 0 Å². The van der Waals surface area contributed by atoms with E-state index in [-0.39, 0.29) is 12.1 Å². The molecule has 6 nitrogen and oxygen atoms in total. The first-order chi connectivity index (χ1) is 13.2. The van der Waals surface area contributed by atoms with Gasteiger partial charge in [-0.2, -0.15) is 0 Å². The van der Waals surface area contributed by atoms with Crippen molar-refractivity contribution in [1.82, 2.24) is 4.90 Å². The lowest BCUT2D eigenvalue weighted by atomic mass is 10.0. The summed E-state index contributed by atoms with van der Waals surface area (Å²) < 4.78 is 16.1. The molecule has 1 atom stereocenters. The fraction of sp³-hybridized carbons (Fsp3) is 0.381. The van der Waals surface area contributed by atoms with Gasteiger partial charge in [0.1, 0.15) is 18.1 Å². The molecule has 2 heterocycles. The van der Waals surface area contributed by atoms with E-state index in [0.29, 0.717) is 6.61 Å². The van der Waals surface area contributed by atoms with Crippen molar-refractivity contribution in [3.8, 4) is 11.5 Å². The Balaban J connectivity index is 1.65. The smallest absolute Gasteiger partial charge is 0.414 e. The molecule has 0 aromatic heterocycles. The van der Waals surface area contributed by atoms with Crippen LogP contribution < -0.4 is 14.4 Å². The second-order valence-corrected chi connectivity index (χ2v) is 6.95. The van der Waals surface area contributed by atoms with Crippen molar-refractivity contribution in [2.24, 2.45) is 0 Å². The normalized spacial score (nSPS) is 19.6. The Hall–Kier alpha value is -2.73. The number of carbonyl (C=O) groups excluding carboxylic acids is 1. The van der Waals surface area contributed by atoms with E-state index in [1.807, 2.05) is 30.3 Å². The Labute approximate surface area is 159 Å². The van der Waals surface area contributed by atoms with Gasteiger partial charge in [0.2, 0.25) is 0 Å². The lowest BCUT2D eigenvalue weighted by Gasteiger charge is -2.32. The van der Waals surface area contributed by atoms with Crippen molar-refractivity contribution in [2.45, 2.75) is 25.6 Å². The first-order valence-electron chi connectivity index (χ1n) is 9.16. The van der Waals surface area contributed by atoms with Crippen LogP contribution in [0.2, 0.25) is 0 Å².